The fourth-order valence-corrected chi connectivity index (χ4v) is 2.06. The van der Waals surface area contributed by atoms with Crippen LogP contribution in [-0.2, 0) is 9.59 Å². The summed E-state index contributed by atoms with van der Waals surface area (Å²) in [5, 5.41) is 11.6. The summed E-state index contributed by atoms with van der Waals surface area (Å²) in [5.74, 6) is -1.05. The Hall–Kier alpha value is -1.88. The number of carboxylic acids is 1. The number of carbonyl (C=O) groups excluding carboxylic acids is 1. The summed E-state index contributed by atoms with van der Waals surface area (Å²) in [5.41, 5.74) is 0.825. The van der Waals surface area contributed by atoms with Gasteiger partial charge >= 0.3 is 5.97 Å². The molecule has 1 amide bonds. The Morgan fingerprint density at radius 1 is 1.41 bits per heavy atom. The van der Waals surface area contributed by atoms with Gasteiger partial charge in [-0.1, -0.05) is 30.3 Å². The van der Waals surface area contributed by atoms with E-state index in [9.17, 15) is 9.59 Å². The van der Waals surface area contributed by atoms with Gasteiger partial charge in [-0.15, -0.1) is 0 Å². The molecule has 1 aromatic rings. The summed E-state index contributed by atoms with van der Waals surface area (Å²) >= 11 is 0. The number of amides is 1. The van der Waals surface area contributed by atoms with Crippen molar-refractivity contribution in [2.24, 2.45) is 0 Å². The normalized spacial score (nSPS) is 20.9. The third-order valence-corrected chi connectivity index (χ3v) is 2.77. The monoisotopic (exact) mass is 234 g/mol. The fourth-order valence-electron chi connectivity index (χ4n) is 2.06. The molecule has 0 aliphatic carbocycles. The molecule has 1 aliphatic heterocycles. The number of aliphatic carboxylic acids is 1. The molecule has 90 valence electrons. The van der Waals surface area contributed by atoms with Gasteiger partial charge in [-0.05, 0) is 5.56 Å². The van der Waals surface area contributed by atoms with Crippen LogP contribution in [0.3, 0.4) is 0 Å². The average Bonchev–Trinajstić information content (AvgIpc) is 2.29. The summed E-state index contributed by atoms with van der Waals surface area (Å²) < 4.78 is 0. The number of rotatable bonds is 3. The maximum atomic E-state index is 11.8. The second kappa shape index (κ2) is 4.97. The first-order chi connectivity index (χ1) is 8.18. The number of nitrogens with zero attached hydrogens (tertiary/aromatic N) is 1. The van der Waals surface area contributed by atoms with Crippen LogP contribution in [0.4, 0.5) is 0 Å². The zero-order chi connectivity index (χ0) is 12.3. The van der Waals surface area contributed by atoms with Crippen LogP contribution in [0.5, 0.6) is 0 Å². The molecule has 2 N–H and O–H groups in total. The molecule has 1 fully saturated rings. The highest BCUT2D eigenvalue weighted by atomic mass is 16.4. The van der Waals surface area contributed by atoms with Crippen molar-refractivity contribution in [1.29, 1.82) is 0 Å². The Morgan fingerprint density at radius 3 is 2.76 bits per heavy atom. The van der Waals surface area contributed by atoms with E-state index in [-0.39, 0.29) is 12.5 Å². The van der Waals surface area contributed by atoms with Crippen LogP contribution < -0.4 is 5.32 Å². The van der Waals surface area contributed by atoms with Crippen LogP contribution in [0.2, 0.25) is 0 Å². The first kappa shape index (κ1) is 11.6. The van der Waals surface area contributed by atoms with Crippen molar-refractivity contribution in [3.05, 3.63) is 35.9 Å². The summed E-state index contributed by atoms with van der Waals surface area (Å²) in [6, 6.07) is 8.73. The van der Waals surface area contributed by atoms with Gasteiger partial charge in [0.25, 0.3) is 0 Å². The zero-order valence-corrected chi connectivity index (χ0v) is 9.30. The van der Waals surface area contributed by atoms with Crippen LogP contribution in [0.1, 0.15) is 11.6 Å². The minimum atomic E-state index is -0.916. The lowest BCUT2D eigenvalue weighted by Crippen LogP contribution is -2.51. The highest BCUT2D eigenvalue weighted by Gasteiger charge is 2.31. The molecule has 0 unspecified atom stereocenters. The number of hydrogen-bond donors (Lipinski definition) is 2. The molecule has 1 aliphatic rings. The molecular weight excluding hydrogens is 220 g/mol. The van der Waals surface area contributed by atoms with Gasteiger partial charge in [0.15, 0.2) is 0 Å². The van der Waals surface area contributed by atoms with E-state index < -0.39 is 12.0 Å². The van der Waals surface area contributed by atoms with Gasteiger partial charge in [-0.3, -0.25) is 14.5 Å². The van der Waals surface area contributed by atoms with E-state index in [1.54, 1.807) is 4.90 Å². The first-order valence-corrected chi connectivity index (χ1v) is 5.47. The maximum Gasteiger partial charge on any atom is 0.317 e. The Bertz CT molecular complexity index is 419. The second-order valence-corrected chi connectivity index (χ2v) is 3.97. The van der Waals surface area contributed by atoms with Crippen LogP contribution in [0, 0.1) is 0 Å². The van der Waals surface area contributed by atoms with Gasteiger partial charge in [0.2, 0.25) is 5.91 Å². The molecule has 1 saturated heterocycles. The van der Waals surface area contributed by atoms with Crippen molar-refractivity contribution in [2.45, 2.75) is 6.04 Å². The predicted molar refractivity (Wildman–Crippen MR) is 61.4 cm³/mol. The van der Waals surface area contributed by atoms with Crippen LogP contribution >= 0.6 is 0 Å². The molecule has 5 nitrogen and oxygen atoms in total. The summed E-state index contributed by atoms with van der Waals surface area (Å²) in [6.45, 7) is 0.931. The lowest BCUT2D eigenvalue weighted by molar-refractivity contribution is -0.141. The van der Waals surface area contributed by atoms with E-state index in [2.05, 4.69) is 5.32 Å². The third-order valence-electron chi connectivity index (χ3n) is 2.77. The number of nitrogens with one attached hydrogen (secondary N) is 1. The van der Waals surface area contributed by atoms with Crippen molar-refractivity contribution < 1.29 is 14.7 Å². The Labute approximate surface area is 99.0 Å². The SMILES string of the molecule is O=C(O)CN1CCNC(=O)[C@H]1c1ccccc1. The number of carbonyl (C=O) groups is 2. The van der Waals surface area contributed by atoms with Crippen LogP contribution in [-0.4, -0.2) is 41.5 Å². The van der Waals surface area contributed by atoms with Crippen molar-refractivity contribution in [1.82, 2.24) is 10.2 Å². The average molecular weight is 234 g/mol. The molecule has 5 heteroatoms. The number of benzene rings is 1. The topological polar surface area (TPSA) is 69.6 Å². The van der Waals surface area contributed by atoms with Crippen molar-refractivity contribution in [3.63, 3.8) is 0 Å². The molecule has 0 saturated carbocycles. The third kappa shape index (κ3) is 2.62. The van der Waals surface area contributed by atoms with E-state index in [4.69, 9.17) is 5.11 Å². The Kier molecular flexibility index (Phi) is 3.39. The van der Waals surface area contributed by atoms with Gasteiger partial charge in [-0.25, -0.2) is 0 Å². The number of carboxylic acid groups (broad SMARTS) is 1. The van der Waals surface area contributed by atoms with Gasteiger partial charge < -0.3 is 10.4 Å². The molecule has 0 radical (unpaired) electrons. The molecule has 0 aromatic heterocycles. The molecule has 0 bridgehead atoms. The van der Waals surface area contributed by atoms with E-state index in [1.165, 1.54) is 0 Å². The lowest BCUT2D eigenvalue weighted by atomic mass is 10.0. The van der Waals surface area contributed by atoms with Crippen molar-refractivity contribution in [2.75, 3.05) is 19.6 Å². The van der Waals surface area contributed by atoms with Gasteiger partial charge in [0.05, 0.1) is 6.54 Å². The van der Waals surface area contributed by atoms with Gasteiger partial charge in [0, 0.05) is 13.1 Å². The fraction of sp³-hybridized carbons (Fsp3) is 0.333. The summed E-state index contributed by atoms with van der Waals surface area (Å²) in [7, 11) is 0. The zero-order valence-electron chi connectivity index (χ0n) is 9.30. The van der Waals surface area contributed by atoms with Crippen LogP contribution in [0.15, 0.2) is 30.3 Å². The minimum absolute atomic E-state index is 0.118. The molecule has 1 aromatic carbocycles. The standard InChI is InChI=1S/C12H14N2O3/c15-10(16)8-14-7-6-13-12(17)11(14)9-4-2-1-3-5-9/h1-5,11H,6-8H2,(H,13,17)(H,15,16)/t11-/m1/s1. The van der Waals surface area contributed by atoms with E-state index in [0.29, 0.717) is 13.1 Å². The maximum absolute atomic E-state index is 11.8. The minimum Gasteiger partial charge on any atom is -0.480 e. The smallest absolute Gasteiger partial charge is 0.317 e. The van der Waals surface area contributed by atoms with Crippen molar-refractivity contribution >= 4 is 11.9 Å². The van der Waals surface area contributed by atoms with E-state index >= 15 is 0 Å². The van der Waals surface area contributed by atoms with Gasteiger partial charge in [-0.2, -0.15) is 0 Å². The van der Waals surface area contributed by atoms with Gasteiger partial charge in [0.1, 0.15) is 6.04 Å². The quantitative estimate of drug-likeness (QED) is 0.786. The number of piperazine rings is 1. The van der Waals surface area contributed by atoms with Crippen molar-refractivity contribution in [3.8, 4) is 0 Å². The molecular formula is C12H14N2O3. The lowest BCUT2D eigenvalue weighted by Gasteiger charge is -2.33. The predicted octanol–water partition coefficient (Wildman–Crippen LogP) is 0.244. The molecule has 2 rings (SSSR count). The van der Waals surface area contributed by atoms with Crippen LogP contribution in [0.25, 0.3) is 0 Å². The van der Waals surface area contributed by atoms with E-state index in [1.807, 2.05) is 30.3 Å². The molecule has 1 heterocycles. The number of hydrogen-bond acceptors (Lipinski definition) is 3. The molecule has 1 atom stereocenters. The molecule has 0 spiro atoms. The summed E-state index contributed by atoms with van der Waals surface area (Å²) in [4.78, 5) is 24.3. The highest BCUT2D eigenvalue weighted by Crippen LogP contribution is 2.22. The molecule has 17 heavy (non-hydrogen) atoms. The Balaban J connectivity index is 2.25. The first-order valence-electron chi connectivity index (χ1n) is 5.47. The van der Waals surface area contributed by atoms with E-state index in [0.717, 1.165) is 5.56 Å². The highest BCUT2D eigenvalue weighted by molar-refractivity contribution is 5.84. The summed E-state index contributed by atoms with van der Waals surface area (Å²) in [6.07, 6.45) is 0. The largest absolute Gasteiger partial charge is 0.480 e. The second-order valence-electron chi connectivity index (χ2n) is 3.97. The Morgan fingerprint density at radius 2 is 2.12 bits per heavy atom.